The lowest BCUT2D eigenvalue weighted by molar-refractivity contribution is -0.138. The molecule has 0 aromatic heterocycles. The van der Waals surface area contributed by atoms with Gasteiger partial charge in [-0.15, -0.1) is 12.4 Å². The van der Waals surface area contributed by atoms with E-state index in [9.17, 15) is 4.79 Å². The zero-order chi connectivity index (χ0) is 10.6. The summed E-state index contributed by atoms with van der Waals surface area (Å²) >= 11 is 0. The molecule has 84 valence electrons. The first-order valence-corrected chi connectivity index (χ1v) is 4.26. The van der Waals surface area contributed by atoms with E-state index in [1.807, 2.05) is 0 Å². The van der Waals surface area contributed by atoms with E-state index in [1.54, 1.807) is 31.4 Å². The van der Waals surface area contributed by atoms with E-state index >= 15 is 0 Å². The molecule has 1 aromatic carbocycles. The molecule has 4 nitrogen and oxygen atoms in total. The van der Waals surface area contributed by atoms with Crippen LogP contribution < -0.4 is 10.5 Å². The standard InChI is InChI=1S/C10H13NO3.ClH/c1-14-8-4-2-7(3-5-8)9(6-11)10(12)13;/h2-5,9H,6,11H2,1H3,(H,12,13);1H/t9-;/m1./s1. The van der Waals surface area contributed by atoms with Gasteiger partial charge in [-0.25, -0.2) is 0 Å². The number of hydrogen-bond acceptors (Lipinski definition) is 3. The van der Waals surface area contributed by atoms with Gasteiger partial charge in [0.05, 0.1) is 13.0 Å². The van der Waals surface area contributed by atoms with E-state index in [1.165, 1.54) is 0 Å². The van der Waals surface area contributed by atoms with Crippen LogP contribution in [0.1, 0.15) is 11.5 Å². The first-order valence-electron chi connectivity index (χ1n) is 4.26. The molecule has 0 aliphatic carbocycles. The van der Waals surface area contributed by atoms with Crippen molar-refractivity contribution in [1.29, 1.82) is 0 Å². The number of methoxy groups -OCH3 is 1. The van der Waals surface area contributed by atoms with Gasteiger partial charge in [0.25, 0.3) is 0 Å². The fraction of sp³-hybridized carbons (Fsp3) is 0.300. The van der Waals surface area contributed by atoms with Crippen LogP contribution >= 0.6 is 12.4 Å². The number of aliphatic carboxylic acids is 1. The summed E-state index contributed by atoms with van der Waals surface area (Å²) in [5.41, 5.74) is 6.06. The van der Waals surface area contributed by atoms with Crippen molar-refractivity contribution in [2.24, 2.45) is 5.73 Å². The number of halogens is 1. The molecule has 15 heavy (non-hydrogen) atoms. The third-order valence-corrected chi connectivity index (χ3v) is 2.05. The minimum absolute atomic E-state index is 0. The number of nitrogens with two attached hydrogens (primary N) is 1. The van der Waals surface area contributed by atoms with Crippen molar-refractivity contribution >= 4 is 18.4 Å². The molecule has 0 heterocycles. The van der Waals surface area contributed by atoms with Gasteiger partial charge in [-0.2, -0.15) is 0 Å². The molecule has 0 radical (unpaired) electrons. The lowest BCUT2D eigenvalue weighted by Crippen LogP contribution is -2.20. The van der Waals surface area contributed by atoms with Crippen LogP contribution in [0, 0.1) is 0 Å². The highest BCUT2D eigenvalue weighted by molar-refractivity contribution is 5.85. The van der Waals surface area contributed by atoms with Crippen molar-refractivity contribution in [3.8, 4) is 5.75 Å². The Kier molecular flexibility index (Phi) is 5.74. The van der Waals surface area contributed by atoms with Gasteiger partial charge in [0.1, 0.15) is 5.75 Å². The smallest absolute Gasteiger partial charge is 0.312 e. The Morgan fingerprint density at radius 2 is 2.00 bits per heavy atom. The van der Waals surface area contributed by atoms with Crippen molar-refractivity contribution in [1.82, 2.24) is 0 Å². The van der Waals surface area contributed by atoms with Crippen molar-refractivity contribution in [2.75, 3.05) is 13.7 Å². The Bertz CT molecular complexity index is 313. The van der Waals surface area contributed by atoms with Crippen LogP contribution in [0.5, 0.6) is 5.75 Å². The van der Waals surface area contributed by atoms with E-state index in [-0.39, 0.29) is 19.0 Å². The molecule has 0 aliphatic heterocycles. The van der Waals surface area contributed by atoms with Crippen LogP contribution in [0.25, 0.3) is 0 Å². The molecule has 0 amide bonds. The summed E-state index contributed by atoms with van der Waals surface area (Å²) in [6.07, 6.45) is 0. The van der Waals surface area contributed by atoms with Crippen LogP contribution in [0.4, 0.5) is 0 Å². The molecule has 0 bridgehead atoms. The second-order valence-corrected chi connectivity index (χ2v) is 2.90. The Balaban J connectivity index is 0.00000196. The average molecular weight is 232 g/mol. The van der Waals surface area contributed by atoms with Gasteiger partial charge >= 0.3 is 5.97 Å². The van der Waals surface area contributed by atoms with Crippen molar-refractivity contribution < 1.29 is 14.6 Å². The maximum absolute atomic E-state index is 10.8. The van der Waals surface area contributed by atoms with Gasteiger partial charge in [0.15, 0.2) is 0 Å². The summed E-state index contributed by atoms with van der Waals surface area (Å²) in [4.78, 5) is 10.8. The van der Waals surface area contributed by atoms with E-state index in [2.05, 4.69) is 0 Å². The highest BCUT2D eigenvalue weighted by Gasteiger charge is 2.17. The normalized spacial score (nSPS) is 11.3. The molecule has 0 fully saturated rings. The van der Waals surface area contributed by atoms with Gasteiger partial charge in [0, 0.05) is 6.54 Å². The molecule has 1 atom stereocenters. The third-order valence-electron chi connectivity index (χ3n) is 2.05. The van der Waals surface area contributed by atoms with Crippen molar-refractivity contribution in [3.05, 3.63) is 29.8 Å². The van der Waals surface area contributed by atoms with E-state index in [0.29, 0.717) is 11.3 Å². The molecule has 0 spiro atoms. The number of carboxylic acid groups (broad SMARTS) is 1. The minimum atomic E-state index is -0.905. The Hall–Kier alpha value is -1.26. The molecule has 0 aliphatic rings. The molecule has 1 aromatic rings. The zero-order valence-electron chi connectivity index (χ0n) is 8.34. The largest absolute Gasteiger partial charge is 0.497 e. The average Bonchev–Trinajstić information content (AvgIpc) is 2.19. The summed E-state index contributed by atoms with van der Waals surface area (Å²) in [6.45, 7) is 0.0989. The molecule has 3 N–H and O–H groups in total. The van der Waals surface area contributed by atoms with Crippen LogP contribution in [0.15, 0.2) is 24.3 Å². The van der Waals surface area contributed by atoms with Crippen LogP contribution in [-0.2, 0) is 4.79 Å². The number of rotatable bonds is 4. The Labute approximate surface area is 94.5 Å². The molecule has 0 unspecified atom stereocenters. The molecule has 0 saturated heterocycles. The minimum Gasteiger partial charge on any atom is -0.497 e. The highest BCUT2D eigenvalue weighted by atomic mass is 35.5. The second kappa shape index (κ2) is 6.27. The van der Waals surface area contributed by atoms with Crippen LogP contribution in [0.2, 0.25) is 0 Å². The summed E-state index contributed by atoms with van der Waals surface area (Å²) in [5, 5.41) is 8.84. The van der Waals surface area contributed by atoms with Gasteiger partial charge < -0.3 is 15.6 Å². The number of carbonyl (C=O) groups is 1. The number of benzene rings is 1. The second-order valence-electron chi connectivity index (χ2n) is 2.90. The maximum atomic E-state index is 10.8. The van der Waals surface area contributed by atoms with Gasteiger partial charge in [-0.05, 0) is 17.7 Å². The van der Waals surface area contributed by atoms with Crippen molar-refractivity contribution in [2.45, 2.75) is 5.92 Å². The molecule has 0 saturated carbocycles. The fourth-order valence-electron chi connectivity index (χ4n) is 1.22. The molecule has 1 rings (SSSR count). The maximum Gasteiger partial charge on any atom is 0.312 e. The molecule has 5 heteroatoms. The predicted octanol–water partition coefficient (Wildman–Crippen LogP) is 1.24. The fourth-order valence-corrected chi connectivity index (χ4v) is 1.22. The zero-order valence-corrected chi connectivity index (χ0v) is 9.16. The Morgan fingerprint density at radius 1 is 1.47 bits per heavy atom. The van der Waals surface area contributed by atoms with E-state index in [0.717, 1.165) is 0 Å². The topological polar surface area (TPSA) is 72.5 Å². The summed E-state index contributed by atoms with van der Waals surface area (Å²) in [7, 11) is 1.56. The highest BCUT2D eigenvalue weighted by Crippen LogP contribution is 2.18. The summed E-state index contributed by atoms with van der Waals surface area (Å²) in [6, 6.07) is 6.87. The van der Waals surface area contributed by atoms with Crippen LogP contribution in [0.3, 0.4) is 0 Å². The van der Waals surface area contributed by atoms with Crippen molar-refractivity contribution in [3.63, 3.8) is 0 Å². The SMILES string of the molecule is COc1ccc([C@@H](CN)C(=O)O)cc1.Cl. The monoisotopic (exact) mass is 231 g/mol. The van der Waals surface area contributed by atoms with Gasteiger partial charge in [-0.1, -0.05) is 12.1 Å². The predicted molar refractivity (Wildman–Crippen MR) is 59.7 cm³/mol. The molecular formula is C10H14ClNO3. The quantitative estimate of drug-likeness (QED) is 0.818. The lowest BCUT2D eigenvalue weighted by atomic mass is 9.99. The number of hydrogen-bond donors (Lipinski definition) is 2. The lowest BCUT2D eigenvalue weighted by Gasteiger charge is -2.10. The van der Waals surface area contributed by atoms with E-state index in [4.69, 9.17) is 15.6 Å². The van der Waals surface area contributed by atoms with Crippen LogP contribution in [-0.4, -0.2) is 24.7 Å². The first-order chi connectivity index (χ1) is 6.69. The Morgan fingerprint density at radius 3 is 2.33 bits per heavy atom. The van der Waals surface area contributed by atoms with Gasteiger partial charge in [-0.3, -0.25) is 4.79 Å². The van der Waals surface area contributed by atoms with E-state index < -0.39 is 11.9 Å². The third kappa shape index (κ3) is 3.42. The number of carboxylic acids is 1. The molecular weight excluding hydrogens is 218 g/mol. The summed E-state index contributed by atoms with van der Waals surface area (Å²) in [5.74, 6) is -0.839. The summed E-state index contributed by atoms with van der Waals surface area (Å²) < 4.78 is 4.96. The first kappa shape index (κ1) is 13.7. The number of ether oxygens (including phenoxy) is 1. The van der Waals surface area contributed by atoms with Gasteiger partial charge in [0.2, 0.25) is 0 Å².